The summed E-state index contributed by atoms with van der Waals surface area (Å²) in [6.07, 6.45) is 6.93. The Balaban J connectivity index is 1.56. The van der Waals surface area contributed by atoms with Crippen LogP contribution >= 0.6 is 0 Å². The first-order chi connectivity index (χ1) is 13.5. The van der Waals surface area contributed by atoms with Gasteiger partial charge >= 0.3 is 0 Å². The van der Waals surface area contributed by atoms with Crippen LogP contribution in [0.3, 0.4) is 0 Å². The highest BCUT2D eigenvalue weighted by Crippen LogP contribution is 2.42. The monoisotopic (exact) mass is 379 g/mol. The molecule has 0 bridgehead atoms. The van der Waals surface area contributed by atoms with Crippen LogP contribution in [-0.4, -0.2) is 56.8 Å². The molecule has 2 aromatic heterocycles. The van der Waals surface area contributed by atoms with Crippen molar-refractivity contribution in [2.24, 2.45) is 0 Å². The number of hydrogen-bond donors (Lipinski definition) is 1. The number of aromatic nitrogens is 3. The number of carbonyl (C=O) groups excluding carboxylic acids is 1. The molecule has 148 valence electrons. The number of likely N-dealkylation sites (tertiary alicyclic amines) is 1. The lowest BCUT2D eigenvalue weighted by atomic mass is 9.78. The number of allylic oxidation sites excluding steroid dienone is 1. The molecule has 1 spiro atoms. The first-order valence-corrected chi connectivity index (χ1v) is 10.1. The smallest absolute Gasteiger partial charge is 0.272 e. The molecule has 4 heterocycles. The summed E-state index contributed by atoms with van der Waals surface area (Å²) >= 11 is 0. The zero-order chi connectivity index (χ0) is 19.7. The molecule has 1 amide bonds. The Morgan fingerprint density at radius 2 is 2.04 bits per heavy atom. The van der Waals surface area contributed by atoms with Crippen molar-refractivity contribution in [3.63, 3.8) is 0 Å². The molecule has 1 saturated heterocycles. The maximum atomic E-state index is 12.9. The summed E-state index contributed by atoms with van der Waals surface area (Å²) in [6.45, 7) is 9.62. The molecule has 0 aromatic carbocycles. The SMILES string of the molecule is CC(C)=CCN1CCc2[nH]cnc2C12CCN(C(=O)c1cccc(C)n1)CC2. The van der Waals surface area contributed by atoms with Crippen molar-refractivity contribution in [2.75, 3.05) is 26.2 Å². The second kappa shape index (κ2) is 7.51. The van der Waals surface area contributed by atoms with Crippen molar-refractivity contribution in [3.05, 3.63) is 59.0 Å². The van der Waals surface area contributed by atoms with E-state index in [9.17, 15) is 4.79 Å². The summed E-state index contributed by atoms with van der Waals surface area (Å²) in [4.78, 5) is 29.9. The van der Waals surface area contributed by atoms with Crippen molar-refractivity contribution in [1.82, 2.24) is 24.8 Å². The topological polar surface area (TPSA) is 65.1 Å². The number of nitrogens with zero attached hydrogens (tertiary/aromatic N) is 4. The van der Waals surface area contributed by atoms with E-state index in [4.69, 9.17) is 4.98 Å². The van der Waals surface area contributed by atoms with Crippen LogP contribution in [0.5, 0.6) is 0 Å². The fourth-order valence-electron chi connectivity index (χ4n) is 4.54. The quantitative estimate of drug-likeness (QED) is 0.833. The Kier molecular flexibility index (Phi) is 5.06. The summed E-state index contributed by atoms with van der Waals surface area (Å²) in [7, 11) is 0. The van der Waals surface area contributed by atoms with E-state index in [1.807, 2.05) is 36.4 Å². The van der Waals surface area contributed by atoms with E-state index in [0.29, 0.717) is 5.69 Å². The van der Waals surface area contributed by atoms with Crippen LogP contribution in [0.15, 0.2) is 36.2 Å². The number of carbonyl (C=O) groups is 1. The molecule has 0 aliphatic carbocycles. The lowest BCUT2D eigenvalue weighted by Crippen LogP contribution is -2.57. The predicted octanol–water partition coefficient (Wildman–Crippen LogP) is 3.07. The third-order valence-electron chi connectivity index (χ3n) is 6.10. The fraction of sp³-hybridized carbons (Fsp3) is 0.500. The van der Waals surface area contributed by atoms with Crippen LogP contribution in [0.1, 0.15) is 54.3 Å². The van der Waals surface area contributed by atoms with Crippen LogP contribution in [-0.2, 0) is 12.0 Å². The summed E-state index contributed by atoms with van der Waals surface area (Å²) in [5, 5.41) is 0. The first kappa shape index (κ1) is 18.9. The lowest BCUT2D eigenvalue weighted by Gasteiger charge is -2.50. The Morgan fingerprint density at radius 3 is 2.75 bits per heavy atom. The van der Waals surface area contributed by atoms with Gasteiger partial charge in [0.1, 0.15) is 5.69 Å². The van der Waals surface area contributed by atoms with E-state index >= 15 is 0 Å². The minimum absolute atomic E-state index is 0.0347. The van der Waals surface area contributed by atoms with Gasteiger partial charge in [-0.05, 0) is 45.7 Å². The molecule has 6 nitrogen and oxygen atoms in total. The average molecular weight is 380 g/mol. The second-order valence-electron chi connectivity index (χ2n) is 8.20. The number of fused-ring (bicyclic) bond motifs is 2. The van der Waals surface area contributed by atoms with Gasteiger partial charge in [0.15, 0.2) is 0 Å². The van der Waals surface area contributed by atoms with Crippen LogP contribution < -0.4 is 0 Å². The lowest BCUT2D eigenvalue weighted by molar-refractivity contribution is 0.0137. The van der Waals surface area contributed by atoms with Crippen molar-refractivity contribution >= 4 is 5.91 Å². The van der Waals surface area contributed by atoms with E-state index in [2.05, 4.69) is 34.8 Å². The van der Waals surface area contributed by atoms with Crippen LogP contribution in [0.2, 0.25) is 0 Å². The van der Waals surface area contributed by atoms with Gasteiger partial charge in [-0.1, -0.05) is 17.7 Å². The highest BCUT2D eigenvalue weighted by atomic mass is 16.2. The number of hydrogen-bond acceptors (Lipinski definition) is 4. The molecular formula is C22H29N5O. The number of pyridine rings is 1. The summed E-state index contributed by atoms with van der Waals surface area (Å²) in [5.74, 6) is 0.0347. The third kappa shape index (κ3) is 3.37. The Morgan fingerprint density at radius 1 is 1.25 bits per heavy atom. The van der Waals surface area contributed by atoms with Gasteiger partial charge < -0.3 is 9.88 Å². The van der Waals surface area contributed by atoms with Crippen molar-refractivity contribution in [2.45, 2.75) is 45.6 Å². The van der Waals surface area contributed by atoms with Crippen molar-refractivity contribution in [1.29, 1.82) is 0 Å². The number of H-pyrrole nitrogens is 1. The van der Waals surface area contributed by atoms with E-state index in [-0.39, 0.29) is 11.4 Å². The molecular weight excluding hydrogens is 350 g/mol. The Bertz CT molecular complexity index is 888. The van der Waals surface area contributed by atoms with Gasteiger partial charge in [-0.3, -0.25) is 9.69 Å². The molecule has 0 atom stereocenters. The van der Waals surface area contributed by atoms with Gasteiger partial charge in [0, 0.05) is 44.0 Å². The van der Waals surface area contributed by atoms with Crippen molar-refractivity contribution < 1.29 is 4.79 Å². The van der Waals surface area contributed by atoms with Gasteiger partial charge in [0.2, 0.25) is 0 Å². The van der Waals surface area contributed by atoms with Gasteiger partial charge in [-0.25, -0.2) is 9.97 Å². The summed E-state index contributed by atoms with van der Waals surface area (Å²) in [6, 6.07) is 5.64. The van der Waals surface area contributed by atoms with Gasteiger partial charge in [-0.2, -0.15) is 0 Å². The van der Waals surface area contributed by atoms with Crippen LogP contribution in [0.25, 0.3) is 0 Å². The molecule has 28 heavy (non-hydrogen) atoms. The van der Waals surface area contributed by atoms with E-state index in [1.165, 1.54) is 17.0 Å². The van der Waals surface area contributed by atoms with Gasteiger partial charge in [0.05, 0.1) is 17.6 Å². The summed E-state index contributed by atoms with van der Waals surface area (Å²) in [5.41, 5.74) is 5.11. The molecule has 2 aliphatic rings. The number of piperidine rings is 1. The normalized spacial score (nSPS) is 18.8. The number of aromatic amines is 1. The highest BCUT2D eigenvalue weighted by molar-refractivity contribution is 5.92. The van der Waals surface area contributed by atoms with Gasteiger partial charge in [-0.15, -0.1) is 0 Å². The van der Waals surface area contributed by atoms with E-state index in [0.717, 1.165) is 51.1 Å². The third-order valence-corrected chi connectivity index (χ3v) is 6.10. The zero-order valence-electron chi connectivity index (χ0n) is 17.0. The van der Waals surface area contributed by atoms with Crippen molar-refractivity contribution in [3.8, 4) is 0 Å². The molecule has 0 radical (unpaired) electrons. The molecule has 4 rings (SSSR count). The number of imidazole rings is 1. The molecule has 1 N–H and O–H groups in total. The first-order valence-electron chi connectivity index (χ1n) is 10.1. The Hall–Kier alpha value is -2.47. The standard InChI is InChI=1S/C22H29N5O/c1-16(2)7-11-27-12-8-18-20(24-15-23-18)22(27)9-13-26(14-10-22)21(28)19-6-4-5-17(3)25-19/h4-7,15H,8-14H2,1-3H3,(H,23,24). The molecule has 1 fully saturated rings. The second-order valence-corrected chi connectivity index (χ2v) is 8.20. The largest absolute Gasteiger partial charge is 0.348 e. The molecule has 6 heteroatoms. The molecule has 2 aliphatic heterocycles. The molecule has 0 unspecified atom stereocenters. The highest BCUT2D eigenvalue weighted by Gasteiger charge is 2.46. The number of rotatable bonds is 3. The minimum Gasteiger partial charge on any atom is -0.348 e. The van der Waals surface area contributed by atoms with E-state index in [1.54, 1.807) is 0 Å². The van der Waals surface area contributed by atoms with Gasteiger partial charge in [0.25, 0.3) is 5.91 Å². The summed E-state index contributed by atoms with van der Waals surface area (Å²) < 4.78 is 0. The van der Waals surface area contributed by atoms with E-state index < -0.39 is 0 Å². The molecule has 2 aromatic rings. The predicted molar refractivity (Wildman–Crippen MR) is 109 cm³/mol. The number of nitrogens with one attached hydrogen (secondary N) is 1. The maximum Gasteiger partial charge on any atom is 0.272 e. The molecule has 0 saturated carbocycles. The number of amides is 1. The average Bonchev–Trinajstić information content (AvgIpc) is 3.17. The maximum absolute atomic E-state index is 12.9. The fourth-order valence-corrected chi connectivity index (χ4v) is 4.54. The Labute approximate surface area is 166 Å². The number of aryl methyl sites for hydroxylation is 1. The van der Waals surface area contributed by atoms with Crippen LogP contribution in [0, 0.1) is 6.92 Å². The zero-order valence-corrected chi connectivity index (χ0v) is 17.0. The minimum atomic E-state index is -0.0870. The van der Waals surface area contributed by atoms with Crippen LogP contribution in [0.4, 0.5) is 0 Å².